The number of aromatic nitrogens is 1. The van der Waals surface area contributed by atoms with Crippen LogP contribution in [0.2, 0.25) is 0 Å². The minimum atomic E-state index is -4.04. The summed E-state index contributed by atoms with van der Waals surface area (Å²) < 4.78 is 56.8. The third-order valence-electron chi connectivity index (χ3n) is 3.23. The summed E-state index contributed by atoms with van der Waals surface area (Å²) >= 11 is 0. The lowest BCUT2D eigenvalue weighted by Crippen LogP contribution is -2.15. The summed E-state index contributed by atoms with van der Waals surface area (Å²) in [6, 6.07) is 13.7. The van der Waals surface area contributed by atoms with Gasteiger partial charge in [0.05, 0.1) is 11.2 Å². The summed E-state index contributed by atoms with van der Waals surface area (Å²) in [7, 11) is -4.04. The lowest BCUT2D eigenvalue weighted by atomic mass is 10.2. The molecule has 2 aromatic carbocycles. The third-order valence-corrected chi connectivity index (χ3v) is 4.63. The molecular formula is C16H12F2N2O3S. The monoisotopic (exact) mass is 350 g/mol. The Labute approximate surface area is 137 Å². The van der Waals surface area contributed by atoms with Crippen molar-refractivity contribution in [2.75, 3.05) is 4.72 Å². The summed E-state index contributed by atoms with van der Waals surface area (Å²) in [5.74, 6) is -0.260. The van der Waals surface area contributed by atoms with Gasteiger partial charge < -0.3 is 4.74 Å². The zero-order valence-electron chi connectivity index (χ0n) is 12.2. The SMILES string of the molecule is O=S(=O)(Nc1ccccc1OC(F)F)c1cccc2cccnc12. The highest BCUT2D eigenvalue weighted by Crippen LogP contribution is 2.29. The van der Waals surface area contributed by atoms with E-state index in [2.05, 4.69) is 14.4 Å². The number of fused-ring (bicyclic) bond motifs is 1. The van der Waals surface area contributed by atoms with Crippen LogP contribution < -0.4 is 9.46 Å². The molecule has 0 radical (unpaired) electrons. The van der Waals surface area contributed by atoms with Gasteiger partial charge in [-0.15, -0.1) is 0 Å². The molecule has 0 atom stereocenters. The molecule has 0 saturated carbocycles. The molecule has 5 nitrogen and oxygen atoms in total. The van der Waals surface area contributed by atoms with Gasteiger partial charge in [-0.05, 0) is 24.3 Å². The Morgan fingerprint density at radius 2 is 1.75 bits per heavy atom. The fourth-order valence-corrected chi connectivity index (χ4v) is 3.49. The van der Waals surface area contributed by atoms with Gasteiger partial charge in [0.15, 0.2) is 0 Å². The molecule has 24 heavy (non-hydrogen) atoms. The van der Waals surface area contributed by atoms with Gasteiger partial charge in [0.1, 0.15) is 10.6 Å². The maximum Gasteiger partial charge on any atom is 0.387 e. The summed E-state index contributed by atoms with van der Waals surface area (Å²) in [5.41, 5.74) is 0.213. The van der Waals surface area contributed by atoms with Crippen molar-refractivity contribution in [1.82, 2.24) is 4.98 Å². The lowest BCUT2D eigenvalue weighted by molar-refractivity contribution is -0.0493. The van der Waals surface area contributed by atoms with E-state index in [1.165, 1.54) is 36.5 Å². The van der Waals surface area contributed by atoms with E-state index >= 15 is 0 Å². The normalized spacial score (nSPS) is 11.6. The van der Waals surface area contributed by atoms with Gasteiger partial charge in [0, 0.05) is 11.6 Å². The smallest absolute Gasteiger partial charge is 0.387 e. The van der Waals surface area contributed by atoms with Gasteiger partial charge in [-0.2, -0.15) is 8.78 Å². The highest BCUT2D eigenvalue weighted by Gasteiger charge is 2.20. The van der Waals surface area contributed by atoms with Gasteiger partial charge >= 0.3 is 6.61 Å². The molecule has 3 rings (SSSR count). The van der Waals surface area contributed by atoms with Gasteiger partial charge in [-0.25, -0.2) is 8.42 Å². The predicted molar refractivity (Wildman–Crippen MR) is 85.6 cm³/mol. The first kappa shape index (κ1) is 16.1. The average molecular weight is 350 g/mol. The van der Waals surface area contributed by atoms with E-state index in [-0.39, 0.29) is 16.3 Å². The van der Waals surface area contributed by atoms with E-state index < -0.39 is 16.6 Å². The fraction of sp³-hybridized carbons (Fsp3) is 0.0625. The van der Waals surface area contributed by atoms with Crippen LogP contribution in [0.1, 0.15) is 0 Å². The molecule has 0 spiro atoms. The maximum atomic E-state index is 12.7. The van der Waals surface area contributed by atoms with Gasteiger partial charge in [-0.1, -0.05) is 30.3 Å². The summed E-state index contributed by atoms with van der Waals surface area (Å²) in [6.45, 7) is -3.06. The molecule has 1 aromatic heterocycles. The molecule has 1 N–H and O–H groups in total. The number of anilines is 1. The Hall–Kier alpha value is -2.74. The number of nitrogens with one attached hydrogen (secondary N) is 1. The summed E-state index contributed by atoms with van der Waals surface area (Å²) in [4.78, 5) is 4.04. The van der Waals surface area contributed by atoms with E-state index in [1.54, 1.807) is 24.3 Å². The second-order valence-electron chi connectivity index (χ2n) is 4.81. The average Bonchev–Trinajstić information content (AvgIpc) is 2.55. The van der Waals surface area contributed by atoms with Crippen LogP contribution in [0.3, 0.4) is 0 Å². The van der Waals surface area contributed by atoms with Crippen LogP contribution >= 0.6 is 0 Å². The number of hydrogen-bond acceptors (Lipinski definition) is 4. The number of ether oxygens (including phenoxy) is 1. The van der Waals surface area contributed by atoms with Crippen molar-refractivity contribution < 1.29 is 21.9 Å². The molecule has 0 saturated heterocycles. The maximum absolute atomic E-state index is 12.7. The first-order valence-electron chi connectivity index (χ1n) is 6.88. The second-order valence-corrected chi connectivity index (χ2v) is 6.46. The topological polar surface area (TPSA) is 68.3 Å². The fourth-order valence-electron chi connectivity index (χ4n) is 2.24. The van der Waals surface area contributed by atoms with Crippen molar-refractivity contribution in [3.63, 3.8) is 0 Å². The first-order valence-corrected chi connectivity index (χ1v) is 8.36. The Balaban J connectivity index is 2.03. The third kappa shape index (κ3) is 3.28. The molecule has 3 aromatic rings. The lowest BCUT2D eigenvalue weighted by Gasteiger charge is -2.13. The highest BCUT2D eigenvalue weighted by atomic mass is 32.2. The van der Waals surface area contributed by atoms with E-state index in [0.717, 1.165) is 0 Å². The van der Waals surface area contributed by atoms with E-state index in [1.807, 2.05) is 0 Å². The number of hydrogen-bond donors (Lipinski definition) is 1. The molecule has 8 heteroatoms. The number of benzene rings is 2. The molecule has 0 aliphatic heterocycles. The molecule has 0 aliphatic rings. The number of rotatable bonds is 5. The van der Waals surface area contributed by atoms with E-state index in [4.69, 9.17) is 0 Å². The number of para-hydroxylation sites is 3. The minimum absolute atomic E-state index is 0.0487. The van der Waals surface area contributed by atoms with Crippen molar-refractivity contribution in [2.24, 2.45) is 0 Å². The predicted octanol–water partition coefficient (Wildman–Crippen LogP) is 3.64. The number of halogens is 2. The molecular weight excluding hydrogens is 338 g/mol. The molecule has 0 aliphatic carbocycles. The molecule has 0 bridgehead atoms. The van der Waals surface area contributed by atoms with E-state index in [9.17, 15) is 17.2 Å². The summed E-state index contributed by atoms with van der Waals surface area (Å²) in [6.07, 6.45) is 1.48. The molecule has 0 unspecified atom stereocenters. The zero-order valence-corrected chi connectivity index (χ0v) is 13.0. The molecule has 0 fully saturated rings. The van der Waals surface area contributed by atoms with Crippen molar-refractivity contribution in [3.05, 3.63) is 60.8 Å². The number of pyridine rings is 1. The van der Waals surface area contributed by atoms with Crippen LogP contribution in [0.5, 0.6) is 5.75 Å². The van der Waals surface area contributed by atoms with Gasteiger partial charge in [0.25, 0.3) is 10.0 Å². The largest absolute Gasteiger partial charge is 0.433 e. The van der Waals surface area contributed by atoms with Crippen molar-refractivity contribution in [3.8, 4) is 5.75 Å². The van der Waals surface area contributed by atoms with Crippen LogP contribution in [0.25, 0.3) is 10.9 Å². The Kier molecular flexibility index (Phi) is 4.30. The summed E-state index contributed by atoms with van der Waals surface area (Å²) in [5, 5.41) is 0.650. The standard InChI is InChI=1S/C16H12F2N2O3S/c17-16(18)23-13-8-2-1-7-12(13)20-24(21,22)14-9-3-5-11-6-4-10-19-15(11)14/h1-10,16,20H. The minimum Gasteiger partial charge on any atom is -0.433 e. The van der Waals surface area contributed by atoms with Crippen molar-refractivity contribution in [2.45, 2.75) is 11.5 Å². The van der Waals surface area contributed by atoms with E-state index in [0.29, 0.717) is 10.9 Å². The van der Waals surface area contributed by atoms with Crippen molar-refractivity contribution in [1.29, 1.82) is 0 Å². The number of sulfonamides is 1. The van der Waals surface area contributed by atoms with Crippen molar-refractivity contribution >= 4 is 26.6 Å². The number of alkyl halides is 2. The zero-order chi connectivity index (χ0) is 17.2. The second kappa shape index (κ2) is 6.40. The first-order chi connectivity index (χ1) is 11.5. The van der Waals surface area contributed by atoms with Crippen LogP contribution in [0.4, 0.5) is 14.5 Å². The quantitative estimate of drug-likeness (QED) is 0.763. The Morgan fingerprint density at radius 3 is 2.54 bits per heavy atom. The van der Waals surface area contributed by atoms with Gasteiger partial charge in [0.2, 0.25) is 0 Å². The van der Waals surface area contributed by atoms with Crippen LogP contribution in [-0.4, -0.2) is 20.0 Å². The number of nitrogens with zero attached hydrogens (tertiary/aromatic N) is 1. The van der Waals surface area contributed by atoms with Gasteiger partial charge in [-0.3, -0.25) is 9.71 Å². The Morgan fingerprint density at radius 1 is 1.00 bits per heavy atom. The van der Waals surface area contributed by atoms with Crippen LogP contribution in [-0.2, 0) is 10.0 Å². The molecule has 1 heterocycles. The molecule has 0 amide bonds. The molecule has 124 valence electrons. The Bertz CT molecular complexity index is 972. The van der Waals surface area contributed by atoms with Crippen LogP contribution in [0, 0.1) is 0 Å². The highest BCUT2D eigenvalue weighted by molar-refractivity contribution is 7.93. The van der Waals surface area contributed by atoms with Crippen LogP contribution in [0.15, 0.2) is 65.7 Å².